The van der Waals surface area contributed by atoms with Gasteiger partial charge in [-0.3, -0.25) is 4.79 Å². The van der Waals surface area contributed by atoms with Gasteiger partial charge < -0.3 is 19.2 Å². The number of para-hydroxylation sites is 1. The number of hydrogen-bond acceptors (Lipinski definition) is 5. The molecule has 0 aliphatic rings. The molecule has 122 valence electrons. The molecule has 3 rings (SSSR count). The van der Waals surface area contributed by atoms with Crippen LogP contribution in [0.1, 0.15) is 10.4 Å². The molecule has 1 aromatic heterocycles. The monoisotopic (exact) mass is 325 g/mol. The van der Waals surface area contributed by atoms with Gasteiger partial charge in [0, 0.05) is 11.5 Å². The van der Waals surface area contributed by atoms with Gasteiger partial charge in [0.15, 0.2) is 0 Å². The van der Waals surface area contributed by atoms with Gasteiger partial charge in [-0.2, -0.15) is 0 Å². The zero-order valence-corrected chi connectivity index (χ0v) is 13.2. The summed E-state index contributed by atoms with van der Waals surface area (Å²) in [4.78, 5) is 26.4. The normalized spacial score (nSPS) is 10.4. The number of H-pyrrole nitrogens is 1. The number of benzene rings is 2. The molecule has 6 heteroatoms. The van der Waals surface area contributed by atoms with Crippen molar-refractivity contribution in [3.05, 3.63) is 64.4 Å². The summed E-state index contributed by atoms with van der Waals surface area (Å²) in [6.07, 6.45) is 0. The zero-order chi connectivity index (χ0) is 17.1. The van der Waals surface area contributed by atoms with Crippen molar-refractivity contribution in [3.63, 3.8) is 0 Å². The lowest BCUT2D eigenvalue weighted by atomic mass is 10.2. The number of rotatable bonds is 4. The largest absolute Gasteiger partial charge is 0.496 e. The van der Waals surface area contributed by atoms with Crippen molar-refractivity contribution in [2.24, 2.45) is 0 Å². The lowest BCUT2D eigenvalue weighted by Crippen LogP contribution is -2.06. The lowest BCUT2D eigenvalue weighted by Gasteiger charge is -2.11. The molecule has 0 saturated heterocycles. The molecule has 1 heterocycles. The van der Waals surface area contributed by atoms with Gasteiger partial charge >= 0.3 is 5.97 Å². The van der Waals surface area contributed by atoms with E-state index >= 15 is 0 Å². The smallest absolute Gasteiger partial charge is 0.341 e. The van der Waals surface area contributed by atoms with Gasteiger partial charge in [0.2, 0.25) is 0 Å². The van der Waals surface area contributed by atoms with Crippen molar-refractivity contribution in [1.82, 2.24) is 4.98 Å². The Kier molecular flexibility index (Phi) is 4.20. The van der Waals surface area contributed by atoms with E-state index in [0.29, 0.717) is 22.8 Å². The summed E-state index contributed by atoms with van der Waals surface area (Å²) in [5.74, 6) is 0.639. The number of hydrogen-bond donors (Lipinski definition) is 1. The maximum absolute atomic E-state index is 11.9. The number of fused-ring (bicyclic) bond motifs is 1. The summed E-state index contributed by atoms with van der Waals surface area (Å²) in [6, 6.07) is 13.4. The van der Waals surface area contributed by atoms with E-state index in [2.05, 4.69) is 4.98 Å². The highest BCUT2D eigenvalue weighted by molar-refractivity contribution is 5.93. The SMILES string of the molecule is COC(=O)c1cc(Oc2cc(=O)[nH]c3ccccc23)ccc1OC. The Morgan fingerprint density at radius 3 is 2.54 bits per heavy atom. The maximum atomic E-state index is 11.9. The minimum atomic E-state index is -0.534. The molecule has 0 fully saturated rings. The summed E-state index contributed by atoms with van der Waals surface area (Å²) in [7, 11) is 2.76. The molecule has 0 aliphatic heterocycles. The standard InChI is InChI=1S/C18H15NO5/c1-22-15-8-7-11(9-13(15)18(21)23-2)24-16-10-17(20)19-14-6-4-3-5-12(14)16/h3-10H,1-2H3,(H,19,20). The summed E-state index contributed by atoms with van der Waals surface area (Å²) in [6.45, 7) is 0. The first-order chi connectivity index (χ1) is 11.6. The van der Waals surface area contributed by atoms with Crippen LogP contribution in [0.3, 0.4) is 0 Å². The van der Waals surface area contributed by atoms with Crippen molar-refractivity contribution >= 4 is 16.9 Å². The van der Waals surface area contributed by atoms with E-state index in [-0.39, 0.29) is 11.1 Å². The van der Waals surface area contributed by atoms with Crippen LogP contribution < -0.4 is 15.0 Å². The van der Waals surface area contributed by atoms with E-state index in [0.717, 1.165) is 5.39 Å². The van der Waals surface area contributed by atoms with Gasteiger partial charge in [-0.15, -0.1) is 0 Å². The van der Waals surface area contributed by atoms with Crippen LogP contribution >= 0.6 is 0 Å². The minimum absolute atomic E-state index is 0.242. The fourth-order valence-corrected chi connectivity index (χ4v) is 2.40. The second kappa shape index (κ2) is 6.45. The highest BCUT2D eigenvalue weighted by Gasteiger charge is 2.15. The van der Waals surface area contributed by atoms with Gasteiger partial charge in [-0.1, -0.05) is 12.1 Å². The fourth-order valence-electron chi connectivity index (χ4n) is 2.40. The van der Waals surface area contributed by atoms with Crippen LogP contribution in [0.2, 0.25) is 0 Å². The molecule has 3 aromatic rings. The molecule has 0 aliphatic carbocycles. The molecule has 0 atom stereocenters. The second-order valence-electron chi connectivity index (χ2n) is 5.00. The Hall–Kier alpha value is -3.28. The third-order valence-electron chi connectivity index (χ3n) is 3.52. The quantitative estimate of drug-likeness (QED) is 0.746. The number of aromatic amines is 1. The Morgan fingerprint density at radius 2 is 1.79 bits per heavy atom. The predicted octanol–water partition coefficient (Wildman–Crippen LogP) is 3.12. The van der Waals surface area contributed by atoms with Crippen molar-refractivity contribution in [3.8, 4) is 17.2 Å². The summed E-state index contributed by atoms with van der Waals surface area (Å²) in [5.41, 5.74) is 0.638. The number of esters is 1. The van der Waals surface area contributed by atoms with Crippen LogP contribution in [0.25, 0.3) is 10.9 Å². The van der Waals surface area contributed by atoms with E-state index in [9.17, 15) is 9.59 Å². The van der Waals surface area contributed by atoms with Crippen molar-refractivity contribution in [2.75, 3.05) is 14.2 Å². The maximum Gasteiger partial charge on any atom is 0.341 e. The molecule has 24 heavy (non-hydrogen) atoms. The molecule has 0 amide bonds. The molecule has 0 unspecified atom stereocenters. The first kappa shape index (κ1) is 15.6. The average molecular weight is 325 g/mol. The Bertz CT molecular complexity index is 961. The summed E-state index contributed by atoms with van der Waals surface area (Å²) in [5, 5.41) is 0.757. The molecular weight excluding hydrogens is 310 g/mol. The molecule has 1 N–H and O–H groups in total. The van der Waals surface area contributed by atoms with E-state index in [1.807, 2.05) is 18.2 Å². The highest BCUT2D eigenvalue weighted by atomic mass is 16.5. The van der Waals surface area contributed by atoms with Crippen molar-refractivity contribution < 1.29 is 19.0 Å². The van der Waals surface area contributed by atoms with Gasteiger partial charge in [0.05, 0.1) is 19.7 Å². The van der Waals surface area contributed by atoms with E-state index in [1.165, 1.54) is 26.4 Å². The first-order valence-corrected chi connectivity index (χ1v) is 7.18. The Balaban J connectivity index is 2.06. The summed E-state index contributed by atoms with van der Waals surface area (Å²) < 4.78 is 15.7. The van der Waals surface area contributed by atoms with E-state index in [4.69, 9.17) is 14.2 Å². The molecule has 6 nitrogen and oxygen atoms in total. The average Bonchev–Trinajstić information content (AvgIpc) is 2.60. The third-order valence-corrected chi connectivity index (χ3v) is 3.52. The molecule has 2 aromatic carbocycles. The van der Waals surface area contributed by atoms with Crippen LogP contribution in [0.15, 0.2) is 53.3 Å². The lowest BCUT2D eigenvalue weighted by molar-refractivity contribution is 0.0596. The predicted molar refractivity (Wildman–Crippen MR) is 89.0 cm³/mol. The highest BCUT2D eigenvalue weighted by Crippen LogP contribution is 2.31. The Morgan fingerprint density at radius 1 is 1.00 bits per heavy atom. The minimum Gasteiger partial charge on any atom is -0.496 e. The number of carbonyl (C=O) groups excluding carboxylic acids is 1. The van der Waals surface area contributed by atoms with Crippen LogP contribution in [-0.4, -0.2) is 25.2 Å². The molecule has 0 bridgehead atoms. The molecular formula is C18H15NO5. The number of ether oxygens (including phenoxy) is 3. The topological polar surface area (TPSA) is 77.6 Å². The molecule has 0 saturated carbocycles. The van der Waals surface area contributed by atoms with E-state index < -0.39 is 5.97 Å². The number of carbonyl (C=O) groups is 1. The van der Waals surface area contributed by atoms with Gasteiger partial charge in [0.25, 0.3) is 5.56 Å². The second-order valence-corrected chi connectivity index (χ2v) is 5.00. The summed E-state index contributed by atoms with van der Waals surface area (Å²) >= 11 is 0. The number of pyridine rings is 1. The van der Waals surface area contributed by atoms with Crippen LogP contribution in [0, 0.1) is 0 Å². The number of nitrogens with one attached hydrogen (secondary N) is 1. The fraction of sp³-hybridized carbons (Fsp3) is 0.111. The van der Waals surface area contributed by atoms with Gasteiger partial charge in [-0.25, -0.2) is 4.79 Å². The first-order valence-electron chi connectivity index (χ1n) is 7.18. The van der Waals surface area contributed by atoms with Gasteiger partial charge in [-0.05, 0) is 30.3 Å². The zero-order valence-electron chi connectivity index (χ0n) is 13.2. The van der Waals surface area contributed by atoms with Crippen LogP contribution in [-0.2, 0) is 4.74 Å². The third kappa shape index (κ3) is 2.94. The Labute approximate surface area is 137 Å². The van der Waals surface area contributed by atoms with Crippen LogP contribution in [0.4, 0.5) is 0 Å². The molecule has 0 radical (unpaired) electrons. The van der Waals surface area contributed by atoms with Crippen molar-refractivity contribution in [1.29, 1.82) is 0 Å². The van der Waals surface area contributed by atoms with Crippen molar-refractivity contribution in [2.45, 2.75) is 0 Å². The van der Waals surface area contributed by atoms with E-state index in [1.54, 1.807) is 18.2 Å². The number of methoxy groups -OCH3 is 2. The number of aromatic nitrogens is 1. The molecule has 0 spiro atoms. The van der Waals surface area contributed by atoms with Gasteiger partial charge in [0.1, 0.15) is 22.8 Å². The van der Waals surface area contributed by atoms with Crippen LogP contribution in [0.5, 0.6) is 17.2 Å².